The number of unbranched alkanes of at least 4 members (excludes halogenated alkanes) is 19. The van der Waals surface area contributed by atoms with Crippen LogP contribution in [0.2, 0.25) is 0 Å². The molecule has 0 saturated heterocycles. The van der Waals surface area contributed by atoms with E-state index >= 15 is 0 Å². The Bertz CT molecular complexity index is 1180. The quantitative estimate of drug-likeness (QED) is 0.0150. The predicted molar refractivity (Wildman–Crippen MR) is 230 cm³/mol. The Kier molecular flexibility index (Phi) is 33.3. The second kappa shape index (κ2) is 35.6. The zero-order valence-electron chi connectivity index (χ0n) is 36.3. The van der Waals surface area contributed by atoms with Crippen LogP contribution < -0.4 is 0 Å². The molecule has 8 atom stereocenters. The molecule has 344 valence electrons. The SMILES string of the molecule is CCCCCC/C=C/CCCCCCCC(=O)O[C@@H](COC(=O)CCC/C=C/C/C=C/CCCCCCCCCCC)COP(=O)(O)OC1C(O)C(O)C(O)[C@H](O)C1O. The normalized spacial score (nSPS) is 22.6. The Labute approximate surface area is 355 Å². The molecule has 1 aliphatic carbocycles. The summed E-state index contributed by atoms with van der Waals surface area (Å²) in [6.45, 7) is 3.23. The lowest BCUT2D eigenvalue weighted by Gasteiger charge is -2.41. The molecule has 1 saturated carbocycles. The van der Waals surface area contributed by atoms with Gasteiger partial charge in [0.15, 0.2) is 6.10 Å². The summed E-state index contributed by atoms with van der Waals surface area (Å²) in [4.78, 5) is 35.6. The lowest BCUT2D eigenvalue weighted by atomic mass is 9.85. The highest BCUT2D eigenvalue weighted by Gasteiger charge is 2.51. The van der Waals surface area contributed by atoms with Crippen LogP contribution >= 0.6 is 7.82 Å². The number of ether oxygens (including phenoxy) is 2. The fourth-order valence-corrected chi connectivity index (χ4v) is 7.70. The van der Waals surface area contributed by atoms with Crippen LogP contribution in [0.4, 0.5) is 0 Å². The van der Waals surface area contributed by atoms with Crippen LogP contribution in [0.25, 0.3) is 0 Å². The van der Waals surface area contributed by atoms with E-state index in [2.05, 4.69) is 44.2 Å². The van der Waals surface area contributed by atoms with E-state index in [1.54, 1.807) is 0 Å². The molecule has 0 aromatic carbocycles. The summed E-state index contributed by atoms with van der Waals surface area (Å²) >= 11 is 0. The third-order valence-corrected chi connectivity index (χ3v) is 11.4. The molecule has 0 radical (unpaired) electrons. The molecule has 59 heavy (non-hydrogen) atoms. The molecule has 1 aliphatic rings. The molecule has 6 N–H and O–H groups in total. The topological polar surface area (TPSA) is 210 Å². The first kappa shape index (κ1) is 55.1. The van der Waals surface area contributed by atoms with Gasteiger partial charge in [-0.2, -0.15) is 0 Å². The van der Waals surface area contributed by atoms with E-state index in [9.17, 15) is 44.6 Å². The number of esters is 2. The van der Waals surface area contributed by atoms with Gasteiger partial charge in [-0.3, -0.25) is 18.6 Å². The fourth-order valence-electron chi connectivity index (χ4n) is 6.73. The van der Waals surface area contributed by atoms with Crippen molar-refractivity contribution in [2.45, 2.75) is 224 Å². The minimum atomic E-state index is -5.13. The first-order chi connectivity index (χ1) is 28.4. The molecule has 0 bridgehead atoms. The summed E-state index contributed by atoms with van der Waals surface area (Å²) in [7, 11) is -5.13. The third kappa shape index (κ3) is 28.3. The summed E-state index contributed by atoms with van der Waals surface area (Å²) in [6.07, 6.45) is 26.4. The molecule has 0 aromatic heterocycles. The van der Waals surface area contributed by atoms with E-state index in [-0.39, 0.29) is 12.8 Å². The number of rotatable bonds is 37. The van der Waals surface area contributed by atoms with E-state index in [4.69, 9.17) is 18.5 Å². The first-order valence-corrected chi connectivity index (χ1v) is 24.3. The smallest absolute Gasteiger partial charge is 0.462 e. The van der Waals surface area contributed by atoms with Crippen LogP contribution in [0.15, 0.2) is 36.5 Å². The Morgan fingerprint density at radius 1 is 0.525 bits per heavy atom. The van der Waals surface area contributed by atoms with Gasteiger partial charge in [0.25, 0.3) is 0 Å². The van der Waals surface area contributed by atoms with Crippen molar-refractivity contribution < 1.29 is 63.1 Å². The summed E-state index contributed by atoms with van der Waals surface area (Å²) in [5, 5.41) is 50.1. The van der Waals surface area contributed by atoms with Crippen molar-refractivity contribution in [1.29, 1.82) is 0 Å². The van der Waals surface area contributed by atoms with Gasteiger partial charge < -0.3 is 39.9 Å². The van der Waals surface area contributed by atoms with Gasteiger partial charge in [-0.1, -0.05) is 140 Å². The van der Waals surface area contributed by atoms with Crippen molar-refractivity contribution in [2.24, 2.45) is 0 Å². The van der Waals surface area contributed by atoms with Crippen LogP contribution in [0.1, 0.15) is 181 Å². The summed E-state index contributed by atoms with van der Waals surface area (Å²) in [5.41, 5.74) is 0. The second-order valence-electron chi connectivity index (χ2n) is 15.9. The molecule has 0 aromatic rings. The van der Waals surface area contributed by atoms with Gasteiger partial charge in [0.05, 0.1) is 6.61 Å². The van der Waals surface area contributed by atoms with Crippen LogP contribution in [-0.2, 0) is 32.7 Å². The first-order valence-electron chi connectivity index (χ1n) is 22.8. The number of aliphatic hydroxyl groups excluding tert-OH is 5. The molecular formula is C45H81O13P. The molecule has 0 amide bonds. The van der Waals surface area contributed by atoms with Crippen molar-refractivity contribution in [3.05, 3.63) is 36.5 Å². The Morgan fingerprint density at radius 3 is 1.46 bits per heavy atom. The lowest BCUT2D eigenvalue weighted by Crippen LogP contribution is -2.64. The highest BCUT2D eigenvalue weighted by molar-refractivity contribution is 7.47. The number of phosphoric ester groups is 1. The van der Waals surface area contributed by atoms with Gasteiger partial charge >= 0.3 is 19.8 Å². The van der Waals surface area contributed by atoms with Crippen molar-refractivity contribution in [3.8, 4) is 0 Å². The Morgan fingerprint density at radius 2 is 0.932 bits per heavy atom. The molecule has 6 unspecified atom stereocenters. The molecule has 0 aliphatic heterocycles. The summed E-state index contributed by atoms with van der Waals surface area (Å²) < 4.78 is 33.4. The number of carbonyl (C=O) groups excluding carboxylic acids is 2. The van der Waals surface area contributed by atoms with Crippen molar-refractivity contribution in [1.82, 2.24) is 0 Å². The van der Waals surface area contributed by atoms with Crippen LogP contribution in [0.3, 0.4) is 0 Å². The van der Waals surface area contributed by atoms with Crippen molar-refractivity contribution >= 4 is 19.8 Å². The van der Waals surface area contributed by atoms with Gasteiger partial charge in [-0.05, 0) is 64.2 Å². The Balaban J connectivity index is 2.50. The summed E-state index contributed by atoms with van der Waals surface area (Å²) in [5.74, 6) is -1.16. The van der Waals surface area contributed by atoms with Gasteiger partial charge in [-0.15, -0.1) is 0 Å². The fraction of sp³-hybridized carbons (Fsp3) is 0.822. The monoisotopic (exact) mass is 861 g/mol. The number of hydrogen-bond acceptors (Lipinski definition) is 12. The number of carbonyl (C=O) groups is 2. The molecule has 1 fully saturated rings. The van der Waals surface area contributed by atoms with Gasteiger partial charge in [0.1, 0.15) is 43.2 Å². The highest BCUT2D eigenvalue weighted by atomic mass is 31.2. The van der Waals surface area contributed by atoms with E-state index in [1.807, 2.05) is 6.08 Å². The molecule has 0 spiro atoms. The maximum absolute atomic E-state index is 12.8. The van der Waals surface area contributed by atoms with Crippen LogP contribution in [-0.4, -0.2) is 98.3 Å². The second-order valence-corrected chi connectivity index (χ2v) is 17.3. The minimum Gasteiger partial charge on any atom is -0.462 e. The Hall–Kier alpha value is -1.93. The molecule has 1 rings (SSSR count). The average Bonchev–Trinajstić information content (AvgIpc) is 3.21. The predicted octanol–water partition coefficient (Wildman–Crippen LogP) is 8.61. The minimum absolute atomic E-state index is 0.0781. The number of hydrogen-bond donors (Lipinski definition) is 6. The average molecular weight is 861 g/mol. The number of phosphoric acid groups is 1. The standard InChI is InChI=1S/C45H81O13P/c1-3-5-7-9-11-13-15-17-18-19-20-22-23-25-27-29-31-33-38(46)55-35-37(36-56-59(53,54)58-45-43(51)41(49)40(48)42(50)44(45)52)57-39(47)34-32-30-28-26-24-21-16-14-12-10-8-6-4-2/h14,16,20,22,25,27,37,40-45,48-52H,3-13,15,17-19,21,23-24,26,28-36H2,1-2H3,(H,53,54)/b16-14+,22-20+,27-25+/t37-,40?,41-,42?,43?,44?,45?/m0/s1. The van der Waals surface area contributed by atoms with Gasteiger partial charge in [0.2, 0.25) is 0 Å². The van der Waals surface area contributed by atoms with E-state index in [1.165, 1.54) is 83.5 Å². The van der Waals surface area contributed by atoms with Gasteiger partial charge in [0, 0.05) is 12.8 Å². The zero-order chi connectivity index (χ0) is 43.6. The molecule has 0 heterocycles. The summed E-state index contributed by atoms with van der Waals surface area (Å²) in [6, 6.07) is 0. The largest absolute Gasteiger partial charge is 0.472 e. The molecule has 14 heteroatoms. The van der Waals surface area contributed by atoms with E-state index in [0.29, 0.717) is 19.3 Å². The van der Waals surface area contributed by atoms with Crippen LogP contribution in [0.5, 0.6) is 0 Å². The van der Waals surface area contributed by atoms with Gasteiger partial charge in [-0.25, -0.2) is 4.57 Å². The number of allylic oxidation sites excluding steroid dienone is 6. The molecular weight excluding hydrogens is 779 g/mol. The zero-order valence-corrected chi connectivity index (χ0v) is 37.2. The van der Waals surface area contributed by atoms with Crippen LogP contribution in [0, 0.1) is 0 Å². The van der Waals surface area contributed by atoms with Crippen molar-refractivity contribution in [2.75, 3.05) is 13.2 Å². The highest BCUT2D eigenvalue weighted by Crippen LogP contribution is 2.47. The number of aliphatic hydroxyl groups is 5. The lowest BCUT2D eigenvalue weighted by molar-refractivity contribution is -0.220. The maximum atomic E-state index is 12.8. The van der Waals surface area contributed by atoms with E-state index in [0.717, 1.165) is 51.4 Å². The molecule has 13 nitrogen and oxygen atoms in total. The maximum Gasteiger partial charge on any atom is 0.472 e. The third-order valence-electron chi connectivity index (χ3n) is 10.5. The van der Waals surface area contributed by atoms with E-state index < -0.39 is 75.7 Å². The van der Waals surface area contributed by atoms with Crippen molar-refractivity contribution in [3.63, 3.8) is 0 Å².